The van der Waals surface area contributed by atoms with E-state index in [1.54, 1.807) is 6.07 Å². The van der Waals surface area contributed by atoms with E-state index in [9.17, 15) is 4.79 Å². The molecule has 0 aliphatic carbocycles. The van der Waals surface area contributed by atoms with Crippen LogP contribution in [0.3, 0.4) is 0 Å². The van der Waals surface area contributed by atoms with Crippen molar-refractivity contribution < 1.29 is 4.79 Å². The molecule has 0 saturated heterocycles. The summed E-state index contributed by atoms with van der Waals surface area (Å²) >= 11 is 5.93. The highest BCUT2D eigenvalue weighted by Crippen LogP contribution is 2.17. The van der Waals surface area contributed by atoms with Crippen molar-refractivity contribution in [1.29, 1.82) is 0 Å². The van der Waals surface area contributed by atoms with Crippen LogP contribution < -0.4 is 5.32 Å². The van der Waals surface area contributed by atoms with Crippen molar-refractivity contribution in [2.45, 2.75) is 33.2 Å². The van der Waals surface area contributed by atoms with Crippen LogP contribution in [0, 0.1) is 13.8 Å². The molecule has 2 aromatic rings. The van der Waals surface area contributed by atoms with Crippen LogP contribution in [-0.2, 0) is 11.2 Å². The zero-order valence-corrected chi connectivity index (χ0v) is 13.4. The number of carbonyl (C=O) groups excluding carboxylic acids is 1. The van der Waals surface area contributed by atoms with Gasteiger partial charge in [0.15, 0.2) is 0 Å². The predicted molar refractivity (Wildman–Crippen MR) is 87.6 cm³/mol. The molecule has 0 heterocycles. The first-order chi connectivity index (χ1) is 9.95. The number of benzene rings is 2. The maximum Gasteiger partial charge on any atom is 0.224 e. The van der Waals surface area contributed by atoms with Crippen LogP contribution in [0.2, 0.25) is 5.02 Å². The minimum Gasteiger partial charge on any atom is -0.349 e. The van der Waals surface area contributed by atoms with Gasteiger partial charge in [-0.15, -0.1) is 0 Å². The fourth-order valence-corrected chi connectivity index (χ4v) is 2.46. The monoisotopic (exact) mass is 301 g/mol. The molecule has 0 aromatic heterocycles. The number of aryl methyl sites for hydroxylation is 2. The van der Waals surface area contributed by atoms with Gasteiger partial charge in [0, 0.05) is 5.02 Å². The highest BCUT2D eigenvalue weighted by molar-refractivity contribution is 6.30. The highest BCUT2D eigenvalue weighted by atomic mass is 35.5. The molecule has 0 aliphatic heterocycles. The summed E-state index contributed by atoms with van der Waals surface area (Å²) in [5.74, 6) is 0.00277. The van der Waals surface area contributed by atoms with Crippen molar-refractivity contribution in [2.24, 2.45) is 0 Å². The van der Waals surface area contributed by atoms with E-state index in [0.717, 1.165) is 11.1 Å². The minimum atomic E-state index is -0.00372. The first-order valence-electron chi connectivity index (χ1n) is 7.06. The molecule has 0 fully saturated rings. The van der Waals surface area contributed by atoms with Crippen LogP contribution in [-0.4, -0.2) is 5.91 Å². The zero-order valence-electron chi connectivity index (χ0n) is 12.6. The summed E-state index contributed by atoms with van der Waals surface area (Å²) in [6.45, 7) is 6.17. The highest BCUT2D eigenvalue weighted by Gasteiger charge is 2.11. The lowest BCUT2D eigenvalue weighted by Crippen LogP contribution is -2.28. The molecule has 2 nitrogen and oxygen atoms in total. The van der Waals surface area contributed by atoms with E-state index in [-0.39, 0.29) is 11.9 Å². The van der Waals surface area contributed by atoms with Gasteiger partial charge in [-0.25, -0.2) is 0 Å². The molecule has 0 spiro atoms. The SMILES string of the molecule is Cc1ccc([C@@H](C)NC(=O)Cc2cccc(Cl)c2)cc1C. The molecule has 0 aliphatic rings. The van der Waals surface area contributed by atoms with Crippen LogP contribution >= 0.6 is 11.6 Å². The summed E-state index contributed by atoms with van der Waals surface area (Å²) in [4.78, 5) is 12.1. The van der Waals surface area contributed by atoms with Crippen LogP contribution in [0.25, 0.3) is 0 Å². The third-order valence-corrected chi connectivity index (χ3v) is 3.90. The van der Waals surface area contributed by atoms with Gasteiger partial charge in [-0.2, -0.15) is 0 Å². The topological polar surface area (TPSA) is 29.1 Å². The number of halogens is 1. The Morgan fingerprint density at radius 2 is 1.90 bits per heavy atom. The molecule has 2 rings (SSSR count). The Hall–Kier alpha value is -1.80. The van der Waals surface area contributed by atoms with E-state index in [0.29, 0.717) is 11.4 Å². The lowest BCUT2D eigenvalue weighted by molar-refractivity contribution is -0.121. The van der Waals surface area contributed by atoms with E-state index in [1.807, 2.05) is 25.1 Å². The Morgan fingerprint density at radius 3 is 2.57 bits per heavy atom. The number of rotatable bonds is 4. The number of nitrogens with one attached hydrogen (secondary N) is 1. The van der Waals surface area contributed by atoms with Gasteiger partial charge < -0.3 is 5.32 Å². The molecule has 0 unspecified atom stereocenters. The number of hydrogen-bond acceptors (Lipinski definition) is 1. The molecule has 21 heavy (non-hydrogen) atoms. The summed E-state index contributed by atoms with van der Waals surface area (Å²) in [6.07, 6.45) is 0.343. The maximum atomic E-state index is 12.1. The van der Waals surface area contributed by atoms with Gasteiger partial charge >= 0.3 is 0 Å². The summed E-state index contributed by atoms with van der Waals surface area (Å²) in [5, 5.41) is 3.68. The Kier molecular flexibility index (Phi) is 5.03. The molecule has 1 atom stereocenters. The predicted octanol–water partition coefficient (Wildman–Crippen LogP) is 4.38. The van der Waals surface area contributed by atoms with E-state index in [2.05, 4.69) is 37.4 Å². The van der Waals surface area contributed by atoms with Crippen molar-refractivity contribution in [3.8, 4) is 0 Å². The molecular weight excluding hydrogens is 282 g/mol. The van der Waals surface area contributed by atoms with E-state index >= 15 is 0 Å². The lowest BCUT2D eigenvalue weighted by Gasteiger charge is -2.16. The van der Waals surface area contributed by atoms with Crippen molar-refractivity contribution in [1.82, 2.24) is 5.32 Å². The zero-order chi connectivity index (χ0) is 15.4. The van der Waals surface area contributed by atoms with Crippen molar-refractivity contribution in [2.75, 3.05) is 0 Å². The van der Waals surface area contributed by atoms with Gasteiger partial charge in [-0.05, 0) is 55.2 Å². The third-order valence-electron chi connectivity index (χ3n) is 3.66. The first kappa shape index (κ1) is 15.6. The summed E-state index contributed by atoms with van der Waals surface area (Å²) in [6, 6.07) is 13.7. The largest absolute Gasteiger partial charge is 0.349 e. The van der Waals surface area contributed by atoms with Gasteiger partial charge in [-0.1, -0.05) is 41.9 Å². The summed E-state index contributed by atoms with van der Waals surface area (Å²) in [5.41, 5.74) is 4.55. The van der Waals surface area contributed by atoms with E-state index in [1.165, 1.54) is 11.1 Å². The smallest absolute Gasteiger partial charge is 0.224 e. The quantitative estimate of drug-likeness (QED) is 0.892. The van der Waals surface area contributed by atoms with Gasteiger partial charge in [0.25, 0.3) is 0 Å². The molecule has 0 bridgehead atoms. The van der Waals surface area contributed by atoms with E-state index < -0.39 is 0 Å². The fourth-order valence-electron chi connectivity index (χ4n) is 2.24. The number of hydrogen-bond donors (Lipinski definition) is 1. The van der Waals surface area contributed by atoms with Gasteiger partial charge in [0.2, 0.25) is 5.91 Å². The van der Waals surface area contributed by atoms with Crippen molar-refractivity contribution in [3.05, 3.63) is 69.7 Å². The average molecular weight is 302 g/mol. The molecule has 2 aromatic carbocycles. The maximum absolute atomic E-state index is 12.1. The molecule has 110 valence electrons. The Bertz CT molecular complexity index is 651. The average Bonchev–Trinajstić information content (AvgIpc) is 2.41. The lowest BCUT2D eigenvalue weighted by atomic mass is 10.0. The normalized spacial score (nSPS) is 12.0. The standard InChI is InChI=1S/C18H20ClNO/c1-12-7-8-16(9-13(12)2)14(3)20-18(21)11-15-5-4-6-17(19)10-15/h4-10,14H,11H2,1-3H3,(H,20,21)/t14-/m1/s1. The second kappa shape index (κ2) is 6.77. The summed E-state index contributed by atoms with van der Waals surface area (Å²) < 4.78 is 0. The van der Waals surface area contributed by atoms with Crippen LogP contribution in [0.5, 0.6) is 0 Å². The number of carbonyl (C=O) groups is 1. The van der Waals surface area contributed by atoms with Gasteiger partial charge in [0.05, 0.1) is 12.5 Å². The second-order valence-corrected chi connectivity index (χ2v) is 5.88. The Labute approximate surface area is 131 Å². The molecule has 1 amide bonds. The molecule has 0 saturated carbocycles. The van der Waals surface area contributed by atoms with Crippen LogP contribution in [0.15, 0.2) is 42.5 Å². The van der Waals surface area contributed by atoms with E-state index in [4.69, 9.17) is 11.6 Å². The Morgan fingerprint density at radius 1 is 1.14 bits per heavy atom. The van der Waals surface area contributed by atoms with Crippen LogP contribution in [0.4, 0.5) is 0 Å². The molecule has 3 heteroatoms. The number of amides is 1. The van der Waals surface area contributed by atoms with Crippen molar-refractivity contribution >= 4 is 17.5 Å². The summed E-state index contributed by atoms with van der Waals surface area (Å²) in [7, 11) is 0. The van der Waals surface area contributed by atoms with Crippen molar-refractivity contribution in [3.63, 3.8) is 0 Å². The minimum absolute atomic E-state index is 0.00277. The molecular formula is C18H20ClNO. The van der Waals surface area contributed by atoms with Gasteiger partial charge in [-0.3, -0.25) is 4.79 Å². The molecule has 0 radical (unpaired) electrons. The first-order valence-corrected chi connectivity index (χ1v) is 7.44. The third kappa shape index (κ3) is 4.33. The van der Waals surface area contributed by atoms with Crippen LogP contribution in [0.1, 0.15) is 35.2 Å². The fraction of sp³-hybridized carbons (Fsp3) is 0.278. The van der Waals surface area contributed by atoms with Gasteiger partial charge in [0.1, 0.15) is 0 Å². The Balaban J connectivity index is 2.00. The molecule has 1 N–H and O–H groups in total. The second-order valence-electron chi connectivity index (χ2n) is 5.44.